The van der Waals surface area contributed by atoms with Crippen LogP contribution in [0.5, 0.6) is 0 Å². The zero-order valence-electron chi connectivity index (χ0n) is 38.2. The number of aliphatic hydroxyl groups is 1. The topological polar surface area (TPSA) is 65.0 Å². The summed E-state index contributed by atoms with van der Waals surface area (Å²) in [5, 5.41) is 10.2. The molecular formula is C54H73O5P. The maximum Gasteiger partial charge on any atom is 0.475 e. The van der Waals surface area contributed by atoms with Gasteiger partial charge in [-0.2, -0.15) is 0 Å². The van der Waals surface area contributed by atoms with Gasteiger partial charge in [-0.3, -0.25) is 13.6 Å². The summed E-state index contributed by atoms with van der Waals surface area (Å²) in [7, 11) is -3.88. The molecule has 1 fully saturated rings. The number of benzene rings is 2. The second kappa shape index (κ2) is 23.4. The molecule has 0 spiro atoms. The highest BCUT2D eigenvalue weighted by Gasteiger charge is 2.40. The summed E-state index contributed by atoms with van der Waals surface area (Å²) < 4.78 is 32.3. The minimum absolute atomic E-state index is 0.138. The Morgan fingerprint density at radius 2 is 1.27 bits per heavy atom. The van der Waals surface area contributed by atoms with Crippen LogP contribution in [0.1, 0.15) is 119 Å². The lowest BCUT2D eigenvalue weighted by Crippen LogP contribution is -2.39. The van der Waals surface area contributed by atoms with Crippen molar-refractivity contribution in [1.29, 1.82) is 0 Å². The van der Waals surface area contributed by atoms with Crippen LogP contribution in [0, 0.1) is 22.7 Å². The molecule has 0 heterocycles. The quantitative estimate of drug-likeness (QED) is 0.113. The molecule has 0 aromatic heterocycles. The molecule has 6 heteroatoms. The first-order valence-corrected chi connectivity index (χ1v) is 23.3. The highest BCUT2D eigenvalue weighted by atomic mass is 31.2. The fourth-order valence-corrected chi connectivity index (χ4v) is 10.1. The van der Waals surface area contributed by atoms with E-state index in [4.69, 9.17) is 13.6 Å². The van der Waals surface area contributed by atoms with Gasteiger partial charge in [-0.05, 0) is 113 Å². The molecule has 0 aliphatic heterocycles. The maximum atomic E-state index is 14.1. The van der Waals surface area contributed by atoms with Gasteiger partial charge in [-0.15, -0.1) is 0 Å². The third-order valence-corrected chi connectivity index (χ3v) is 13.4. The molecule has 4 unspecified atom stereocenters. The van der Waals surface area contributed by atoms with Crippen molar-refractivity contribution in [1.82, 2.24) is 0 Å². The molecule has 2 aromatic rings. The van der Waals surface area contributed by atoms with E-state index >= 15 is 0 Å². The van der Waals surface area contributed by atoms with E-state index in [1.807, 2.05) is 60.7 Å². The standard InChI is InChI=1S/C54H73O5P/c1-41(23-19-25-43(3)31-33-51-45(5)35-49(55)37-53(51,7)8)21-17-18-22-42(2)24-20-26-44(4)32-34-52-46(6)36-50(38-54(52,9)10)59-60(56,57-39-47-27-13-11-14-28-47)58-40-48-29-15-12-16-30-48/h11-30,32,34,45,49-51,55H,31,33,35-40H2,1-10H3/b18-17+,23-19+,24-20+,34-32+,41-21+,42-22+,43-25+,44-26+. The number of phosphoric ester groups is 1. The van der Waals surface area contributed by atoms with Gasteiger partial charge in [0, 0.05) is 0 Å². The minimum Gasteiger partial charge on any atom is -0.393 e. The van der Waals surface area contributed by atoms with Gasteiger partial charge in [0.15, 0.2) is 0 Å². The normalized spacial score (nSPS) is 23.5. The molecule has 0 radical (unpaired) electrons. The van der Waals surface area contributed by atoms with Gasteiger partial charge in [0.2, 0.25) is 0 Å². The first-order chi connectivity index (χ1) is 28.4. The number of aliphatic hydroxyl groups excluding tert-OH is 1. The molecule has 324 valence electrons. The van der Waals surface area contributed by atoms with Crippen LogP contribution in [0.2, 0.25) is 0 Å². The first-order valence-electron chi connectivity index (χ1n) is 21.9. The molecule has 2 aliphatic rings. The largest absolute Gasteiger partial charge is 0.475 e. The Labute approximate surface area is 363 Å². The molecule has 2 aliphatic carbocycles. The summed E-state index contributed by atoms with van der Waals surface area (Å²) in [4.78, 5) is 0. The van der Waals surface area contributed by atoms with Gasteiger partial charge in [-0.1, -0.05) is 196 Å². The van der Waals surface area contributed by atoms with Crippen LogP contribution in [-0.2, 0) is 31.4 Å². The third-order valence-electron chi connectivity index (χ3n) is 11.9. The predicted octanol–water partition coefficient (Wildman–Crippen LogP) is 15.3. The van der Waals surface area contributed by atoms with E-state index in [1.54, 1.807) is 0 Å². The third kappa shape index (κ3) is 16.6. The molecule has 0 amide bonds. The minimum atomic E-state index is -3.88. The van der Waals surface area contributed by atoms with Crippen LogP contribution in [-0.4, -0.2) is 17.3 Å². The van der Waals surface area contributed by atoms with Gasteiger partial charge in [0.1, 0.15) is 0 Å². The Morgan fingerprint density at radius 3 is 1.80 bits per heavy atom. The van der Waals surface area contributed by atoms with Crippen LogP contribution in [0.25, 0.3) is 0 Å². The number of rotatable bonds is 19. The van der Waals surface area contributed by atoms with Gasteiger partial charge in [0.25, 0.3) is 0 Å². The summed E-state index contributed by atoms with van der Waals surface area (Å²) in [6.07, 6.45) is 30.7. The van der Waals surface area contributed by atoms with E-state index in [0.29, 0.717) is 24.7 Å². The van der Waals surface area contributed by atoms with Crippen LogP contribution < -0.4 is 0 Å². The van der Waals surface area contributed by atoms with Gasteiger partial charge in [-0.25, -0.2) is 4.57 Å². The number of phosphoric acid groups is 1. The summed E-state index contributed by atoms with van der Waals surface area (Å²) in [6, 6.07) is 19.4. The predicted molar refractivity (Wildman–Crippen MR) is 253 cm³/mol. The molecular weight excluding hydrogens is 760 g/mol. The van der Waals surface area contributed by atoms with E-state index < -0.39 is 7.82 Å². The Hall–Kier alpha value is -3.83. The van der Waals surface area contributed by atoms with E-state index in [1.165, 1.54) is 34.3 Å². The number of allylic oxidation sites excluding steroid dienone is 17. The number of hydrogen-bond acceptors (Lipinski definition) is 5. The van der Waals surface area contributed by atoms with Crippen molar-refractivity contribution in [3.05, 3.63) is 178 Å². The van der Waals surface area contributed by atoms with Crippen molar-refractivity contribution in [2.24, 2.45) is 22.7 Å². The van der Waals surface area contributed by atoms with Crippen molar-refractivity contribution < 1.29 is 23.2 Å². The van der Waals surface area contributed by atoms with Crippen molar-refractivity contribution in [2.75, 3.05) is 0 Å². The van der Waals surface area contributed by atoms with E-state index in [0.717, 1.165) is 36.0 Å². The summed E-state index contributed by atoms with van der Waals surface area (Å²) in [5.74, 6) is 1.21. The van der Waals surface area contributed by atoms with Crippen LogP contribution in [0.15, 0.2) is 167 Å². The summed E-state index contributed by atoms with van der Waals surface area (Å²) in [6.45, 7) is 22.4. The van der Waals surface area contributed by atoms with E-state index in [2.05, 4.69) is 142 Å². The molecule has 5 nitrogen and oxygen atoms in total. The Kier molecular flexibility index (Phi) is 19.0. The van der Waals surface area contributed by atoms with E-state index in [9.17, 15) is 9.67 Å². The first kappa shape index (κ1) is 48.8. The van der Waals surface area contributed by atoms with Gasteiger partial charge in [0.05, 0.1) is 25.4 Å². The van der Waals surface area contributed by atoms with Crippen LogP contribution in [0.3, 0.4) is 0 Å². The molecule has 1 N–H and O–H groups in total. The van der Waals surface area contributed by atoms with Crippen molar-refractivity contribution in [2.45, 2.75) is 133 Å². The summed E-state index contributed by atoms with van der Waals surface area (Å²) in [5.41, 5.74) is 9.20. The lowest BCUT2D eigenvalue weighted by atomic mass is 9.61. The average Bonchev–Trinajstić information content (AvgIpc) is 3.17. The Morgan fingerprint density at radius 1 is 0.750 bits per heavy atom. The SMILES string of the molecule is CC1=C(/C=C/C(C)=C/C=C/C(C)=C/C=C/C=C(C)/C=C/C=C(\C)CCC2C(C)CC(O)CC2(C)C)C(C)(C)CC(OP(=O)(OCc2ccccc2)OCc2ccccc2)C1. The second-order valence-electron chi connectivity index (χ2n) is 18.6. The molecule has 4 atom stereocenters. The van der Waals surface area contributed by atoms with Crippen molar-refractivity contribution >= 4 is 7.82 Å². The Bertz CT molecular complexity index is 1960. The fourth-order valence-electron chi connectivity index (χ4n) is 8.82. The highest BCUT2D eigenvalue weighted by Crippen LogP contribution is 2.55. The lowest BCUT2D eigenvalue weighted by molar-refractivity contribution is -0.0150. The average molecular weight is 833 g/mol. The molecule has 60 heavy (non-hydrogen) atoms. The number of hydrogen-bond donors (Lipinski definition) is 1. The van der Waals surface area contributed by atoms with Crippen molar-refractivity contribution in [3.63, 3.8) is 0 Å². The van der Waals surface area contributed by atoms with Crippen LogP contribution in [0.4, 0.5) is 0 Å². The summed E-state index contributed by atoms with van der Waals surface area (Å²) >= 11 is 0. The highest BCUT2D eigenvalue weighted by molar-refractivity contribution is 7.48. The monoisotopic (exact) mass is 833 g/mol. The molecule has 0 bridgehead atoms. The van der Waals surface area contributed by atoms with E-state index in [-0.39, 0.29) is 36.3 Å². The molecule has 0 saturated heterocycles. The smallest absolute Gasteiger partial charge is 0.393 e. The second-order valence-corrected chi connectivity index (χ2v) is 20.2. The van der Waals surface area contributed by atoms with Crippen molar-refractivity contribution in [3.8, 4) is 0 Å². The Balaban J connectivity index is 1.28. The zero-order chi connectivity index (χ0) is 43.8. The van der Waals surface area contributed by atoms with Gasteiger partial charge >= 0.3 is 7.82 Å². The molecule has 4 rings (SSSR count). The van der Waals surface area contributed by atoms with Crippen LogP contribution >= 0.6 is 7.82 Å². The molecule has 2 aromatic carbocycles. The molecule has 1 saturated carbocycles. The fraction of sp³-hybridized carbons (Fsp3) is 0.444. The maximum absolute atomic E-state index is 14.1. The lowest BCUT2D eigenvalue weighted by Gasteiger charge is -2.45. The van der Waals surface area contributed by atoms with Gasteiger partial charge < -0.3 is 5.11 Å². The zero-order valence-corrected chi connectivity index (χ0v) is 39.1.